The molecule has 1 aromatic carbocycles. The van der Waals surface area contributed by atoms with Crippen LogP contribution in [0, 0.1) is 13.8 Å². The molecule has 0 spiro atoms. The van der Waals surface area contributed by atoms with Gasteiger partial charge >= 0.3 is 0 Å². The molecule has 4 rings (SSSR count). The lowest BCUT2D eigenvalue weighted by Crippen LogP contribution is -2.38. The second-order valence-electron chi connectivity index (χ2n) is 8.08. The lowest BCUT2D eigenvalue weighted by Gasteiger charge is -2.32. The number of aromatic nitrogens is 2. The van der Waals surface area contributed by atoms with Crippen LogP contribution in [0.15, 0.2) is 66.9 Å². The molecule has 1 aliphatic rings. The predicted molar refractivity (Wildman–Crippen MR) is 125 cm³/mol. The van der Waals surface area contributed by atoms with Crippen LogP contribution in [0.1, 0.15) is 41.3 Å². The van der Waals surface area contributed by atoms with Crippen LogP contribution in [-0.4, -0.2) is 33.9 Å². The lowest BCUT2D eigenvalue weighted by molar-refractivity contribution is -0.127. The van der Waals surface area contributed by atoms with E-state index in [9.17, 15) is 4.79 Å². The first-order valence-electron chi connectivity index (χ1n) is 10.8. The Bertz CT molecular complexity index is 1080. The van der Waals surface area contributed by atoms with Gasteiger partial charge in [-0.1, -0.05) is 36.4 Å². The molecule has 3 aromatic rings. The number of nitrogens with zero attached hydrogens (tertiary/aromatic N) is 3. The maximum absolute atomic E-state index is 12.8. The Hall–Kier alpha value is -3.47. The van der Waals surface area contributed by atoms with E-state index >= 15 is 0 Å². The van der Waals surface area contributed by atoms with Crippen LogP contribution < -0.4 is 5.32 Å². The third kappa shape index (κ3) is 5.37. The topological polar surface area (TPSA) is 58.1 Å². The van der Waals surface area contributed by atoms with Gasteiger partial charge in [0.2, 0.25) is 5.91 Å². The molecule has 1 saturated heterocycles. The maximum Gasteiger partial charge on any atom is 0.246 e. The molecule has 3 heterocycles. The summed E-state index contributed by atoms with van der Waals surface area (Å²) in [4.78, 5) is 23.9. The number of rotatable bonds is 5. The zero-order valence-corrected chi connectivity index (χ0v) is 18.1. The van der Waals surface area contributed by atoms with Gasteiger partial charge in [-0.25, -0.2) is 4.98 Å². The smallest absolute Gasteiger partial charge is 0.246 e. The average molecular weight is 413 g/mol. The Labute approximate surface area is 183 Å². The summed E-state index contributed by atoms with van der Waals surface area (Å²) in [5, 5.41) is 3.42. The van der Waals surface area contributed by atoms with Crippen molar-refractivity contribution in [2.75, 3.05) is 18.4 Å². The van der Waals surface area contributed by atoms with Crippen molar-refractivity contribution in [1.29, 1.82) is 0 Å². The van der Waals surface area contributed by atoms with Gasteiger partial charge in [0.15, 0.2) is 0 Å². The molecule has 0 saturated carbocycles. The van der Waals surface area contributed by atoms with Gasteiger partial charge in [-0.15, -0.1) is 0 Å². The van der Waals surface area contributed by atoms with Crippen molar-refractivity contribution in [3.8, 4) is 0 Å². The van der Waals surface area contributed by atoms with Crippen molar-refractivity contribution in [3.05, 3.63) is 89.4 Å². The van der Waals surface area contributed by atoms with Crippen LogP contribution in [0.5, 0.6) is 0 Å². The van der Waals surface area contributed by atoms with Gasteiger partial charge in [-0.3, -0.25) is 9.78 Å². The van der Waals surface area contributed by atoms with Crippen LogP contribution >= 0.6 is 0 Å². The number of benzene rings is 1. The van der Waals surface area contributed by atoms with Crippen molar-refractivity contribution in [1.82, 2.24) is 14.9 Å². The Morgan fingerprint density at radius 1 is 1.13 bits per heavy atom. The van der Waals surface area contributed by atoms with E-state index in [4.69, 9.17) is 4.98 Å². The number of hydrogen-bond donors (Lipinski definition) is 1. The summed E-state index contributed by atoms with van der Waals surface area (Å²) in [5.74, 6) is 1.14. The quantitative estimate of drug-likeness (QED) is 0.581. The third-order valence-corrected chi connectivity index (χ3v) is 5.61. The van der Waals surface area contributed by atoms with Crippen molar-refractivity contribution < 1.29 is 4.79 Å². The van der Waals surface area contributed by atoms with E-state index in [2.05, 4.69) is 16.4 Å². The van der Waals surface area contributed by atoms with E-state index in [0.29, 0.717) is 6.54 Å². The van der Waals surface area contributed by atoms with Gasteiger partial charge < -0.3 is 10.2 Å². The number of amides is 1. The van der Waals surface area contributed by atoms with Crippen LogP contribution in [-0.2, 0) is 4.79 Å². The van der Waals surface area contributed by atoms with Crippen molar-refractivity contribution in [2.24, 2.45) is 0 Å². The first kappa shape index (κ1) is 20.8. The molecule has 1 fully saturated rings. The standard InChI is InChI=1S/C26H28N4O/c1-19-8-6-14-27-26(19)29-23-16-20(2)28-24(17-23)22-11-7-15-30(18-22)25(31)13-12-21-9-4-3-5-10-21/h3-6,8-10,12-14,16-17,22H,7,11,15,18H2,1-2H3,(H,27,28,29)/b13-12+. The number of carbonyl (C=O) groups is 1. The molecule has 31 heavy (non-hydrogen) atoms. The maximum atomic E-state index is 12.8. The number of pyridine rings is 2. The SMILES string of the molecule is Cc1cc(Nc2ncccc2C)cc(C2CCCN(C(=O)/C=C/c3ccccc3)C2)n1. The summed E-state index contributed by atoms with van der Waals surface area (Å²) < 4.78 is 0. The predicted octanol–water partition coefficient (Wildman–Crippen LogP) is 5.26. The zero-order valence-electron chi connectivity index (χ0n) is 18.1. The van der Waals surface area contributed by atoms with Gasteiger partial charge in [0.05, 0.1) is 0 Å². The number of nitrogens with one attached hydrogen (secondary N) is 1. The van der Waals surface area contributed by atoms with E-state index in [1.165, 1.54) is 0 Å². The van der Waals surface area contributed by atoms with Crippen molar-refractivity contribution >= 4 is 23.5 Å². The van der Waals surface area contributed by atoms with Gasteiger partial charge in [0.1, 0.15) is 5.82 Å². The Balaban J connectivity index is 1.47. The largest absolute Gasteiger partial charge is 0.340 e. The molecule has 1 unspecified atom stereocenters. The molecular formula is C26H28N4O. The molecule has 1 amide bonds. The van der Waals surface area contributed by atoms with Crippen LogP contribution in [0.3, 0.4) is 0 Å². The van der Waals surface area contributed by atoms with Gasteiger partial charge in [-0.2, -0.15) is 0 Å². The summed E-state index contributed by atoms with van der Waals surface area (Å²) in [6, 6.07) is 18.0. The van der Waals surface area contributed by atoms with Gasteiger partial charge in [-0.05, 0) is 62.1 Å². The minimum Gasteiger partial charge on any atom is -0.340 e. The highest BCUT2D eigenvalue weighted by Gasteiger charge is 2.25. The monoisotopic (exact) mass is 412 g/mol. The molecule has 5 nitrogen and oxygen atoms in total. The lowest BCUT2D eigenvalue weighted by atomic mass is 9.93. The summed E-state index contributed by atoms with van der Waals surface area (Å²) >= 11 is 0. The fourth-order valence-corrected chi connectivity index (χ4v) is 3.98. The fraction of sp³-hybridized carbons (Fsp3) is 0.269. The van der Waals surface area contributed by atoms with E-state index in [0.717, 1.165) is 53.4 Å². The van der Waals surface area contributed by atoms with E-state index in [1.54, 1.807) is 12.3 Å². The molecule has 1 atom stereocenters. The third-order valence-electron chi connectivity index (χ3n) is 5.61. The van der Waals surface area contributed by atoms with Crippen molar-refractivity contribution in [3.63, 3.8) is 0 Å². The Kier molecular flexibility index (Phi) is 6.41. The average Bonchev–Trinajstić information content (AvgIpc) is 2.79. The summed E-state index contributed by atoms with van der Waals surface area (Å²) in [6.07, 6.45) is 7.36. The van der Waals surface area contributed by atoms with Crippen molar-refractivity contribution in [2.45, 2.75) is 32.6 Å². The molecule has 2 aromatic heterocycles. The fourth-order valence-electron chi connectivity index (χ4n) is 3.98. The first-order chi connectivity index (χ1) is 15.1. The molecule has 1 aliphatic heterocycles. The molecule has 0 radical (unpaired) electrons. The van der Waals surface area contributed by atoms with Crippen LogP contribution in [0.4, 0.5) is 11.5 Å². The number of aryl methyl sites for hydroxylation is 2. The molecular weight excluding hydrogens is 384 g/mol. The number of hydrogen-bond acceptors (Lipinski definition) is 4. The summed E-state index contributed by atoms with van der Waals surface area (Å²) in [5.41, 5.74) is 5.10. The van der Waals surface area contributed by atoms with E-state index < -0.39 is 0 Å². The Morgan fingerprint density at radius 2 is 1.97 bits per heavy atom. The van der Waals surface area contributed by atoms with Crippen LogP contribution in [0.2, 0.25) is 0 Å². The van der Waals surface area contributed by atoms with Crippen LogP contribution in [0.25, 0.3) is 6.08 Å². The molecule has 1 N–H and O–H groups in total. The highest BCUT2D eigenvalue weighted by molar-refractivity contribution is 5.91. The second-order valence-corrected chi connectivity index (χ2v) is 8.08. The molecule has 5 heteroatoms. The zero-order chi connectivity index (χ0) is 21.6. The number of carbonyl (C=O) groups excluding carboxylic acids is 1. The second kappa shape index (κ2) is 9.56. The normalized spacial score (nSPS) is 16.5. The number of anilines is 2. The first-order valence-corrected chi connectivity index (χ1v) is 10.8. The number of piperidine rings is 1. The Morgan fingerprint density at radius 3 is 2.77 bits per heavy atom. The minimum absolute atomic E-state index is 0.0589. The highest BCUT2D eigenvalue weighted by Crippen LogP contribution is 2.29. The summed E-state index contributed by atoms with van der Waals surface area (Å²) in [7, 11) is 0. The minimum atomic E-state index is 0.0589. The van der Waals surface area contributed by atoms with E-state index in [1.807, 2.05) is 73.4 Å². The van der Waals surface area contributed by atoms with Gasteiger partial charge in [0, 0.05) is 48.4 Å². The van der Waals surface area contributed by atoms with E-state index in [-0.39, 0.29) is 11.8 Å². The highest BCUT2D eigenvalue weighted by atomic mass is 16.2. The molecule has 158 valence electrons. The number of likely N-dealkylation sites (tertiary alicyclic amines) is 1. The molecule has 0 bridgehead atoms. The molecule has 0 aliphatic carbocycles. The van der Waals surface area contributed by atoms with Gasteiger partial charge in [0.25, 0.3) is 0 Å². The summed E-state index contributed by atoms with van der Waals surface area (Å²) in [6.45, 7) is 5.53.